The predicted octanol–water partition coefficient (Wildman–Crippen LogP) is 5.67. The molecule has 5 rings (SSSR count). The van der Waals surface area contributed by atoms with Crippen LogP contribution in [0.4, 0.5) is 18.9 Å². The topological polar surface area (TPSA) is 75.9 Å². The maximum absolute atomic E-state index is 13.5. The molecule has 3 heterocycles. The van der Waals surface area contributed by atoms with Gasteiger partial charge >= 0.3 is 6.18 Å². The molecule has 1 aromatic carbocycles. The van der Waals surface area contributed by atoms with Gasteiger partial charge in [-0.05, 0) is 62.1 Å². The summed E-state index contributed by atoms with van der Waals surface area (Å²) in [6.45, 7) is 0. The molecule has 37 heavy (non-hydrogen) atoms. The zero-order valence-electron chi connectivity index (χ0n) is 19.9. The van der Waals surface area contributed by atoms with Crippen LogP contribution in [0, 0.1) is 0 Å². The van der Waals surface area contributed by atoms with Crippen molar-refractivity contribution in [3.05, 3.63) is 77.5 Å². The Hall–Kier alpha value is -3.66. The first-order valence-corrected chi connectivity index (χ1v) is 12.2. The lowest BCUT2D eigenvalue weighted by atomic mass is 9.89. The number of hydrogen-bond acceptors (Lipinski definition) is 5. The molecule has 1 N–H and O–H groups in total. The van der Waals surface area contributed by atoms with E-state index in [2.05, 4.69) is 20.4 Å². The average Bonchev–Trinajstić information content (AvgIpc) is 3.39. The number of carbonyl (C=O) groups is 1. The van der Waals surface area contributed by atoms with Crippen molar-refractivity contribution in [3.63, 3.8) is 0 Å². The lowest BCUT2D eigenvalue weighted by Crippen LogP contribution is -2.43. The number of alkyl halides is 3. The third-order valence-electron chi connectivity index (χ3n) is 6.75. The van der Waals surface area contributed by atoms with Gasteiger partial charge in [0, 0.05) is 47.6 Å². The molecule has 0 spiro atoms. The second kappa shape index (κ2) is 10.0. The molecular formula is C26H24ClF3N6O. The van der Waals surface area contributed by atoms with Crippen LogP contribution in [-0.2, 0) is 6.18 Å². The van der Waals surface area contributed by atoms with Crippen LogP contribution in [0.5, 0.6) is 0 Å². The largest absolute Gasteiger partial charge is 0.433 e. The number of nitrogens with one attached hydrogen (secondary N) is 1. The maximum Gasteiger partial charge on any atom is 0.433 e. The molecule has 0 saturated heterocycles. The second-order valence-electron chi connectivity index (χ2n) is 9.16. The molecule has 0 aliphatic heterocycles. The van der Waals surface area contributed by atoms with Gasteiger partial charge in [-0.2, -0.15) is 18.3 Å². The van der Waals surface area contributed by atoms with E-state index in [0.717, 1.165) is 11.8 Å². The van der Waals surface area contributed by atoms with E-state index in [1.54, 1.807) is 42.5 Å². The minimum absolute atomic E-state index is 0.00662. The monoisotopic (exact) mass is 528 g/mol. The molecule has 192 valence electrons. The zero-order valence-corrected chi connectivity index (χ0v) is 20.7. The average molecular weight is 529 g/mol. The Morgan fingerprint density at radius 2 is 1.92 bits per heavy atom. The number of nitrogens with zero attached hydrogens (tertiary/aromatic N) is 5. The van der Waals surface area contributed by atoms with Crippen molar-refractivity contribution < 1.29 is 18.0 Å². The number of rotatable bonds is 5. The minimum atomic E-state index is -4.56. The number of carbonyl (C=O) groups excluding carboxylic acids is 1. The van der Waals surface area contributed by atoms with Crippen LogP contribution in [-0.4, -0.2) is 44.8 Å². The second-order valence-corrected chi connectivity index (χ2v) is 9.60. The number of fused-ring (bicyclic) bond motifs is 1. The van der Waals surface area contributed by atoms with Gasteiger partial charge in [-0.15, -0.1) is 0 Å². The van der Waals surface area contributed by atoms with Crippen LogP contribution in [0.2, 0.25) is 5.02 Å². The van der Waals surface area contributed by atoms with Gasteiger partial charge in [0.25, 0.3) is 5.91 Å². The van der Waals surface area contributed by atoms with Gasteiger partial charge in [0.05, 0.1) is 29.2 Å². The van der Waals surface area contributed by atoms with Crippen molar-refractivity contribution >= 4 is 34.1 Å². The van der Waals surface area contributed by atoms with Gasteiger partial charge in [0.1, 0.15) is 5.69 Å². The van der Waals surface area contributed by atoms with Crippen LogP contribution in [0.15, 0.2) is 61.2 Å². The lowest BCUT2D eigenvalue weighted by molar-refractivity contribution is -0.140. The van der Waals surface area contributed by atoms with Crippen LogP contribution < -0.4 is 10.2 Å². The van der Waals surface area contributed by atoms with E-state index >= 15 is 0 Å². The highest BCUT2D eigenvalue weighted by Gasteiger charge is 2.35. The Bertz CT molecular complexity index is 1420. The summed E-state index contributed by atoms with van der Waals surface area (Å²) < 4.78 is 42.2. The maximum atomic E-state index is 13.5. The Kier molecular flexibility index (Phi) is 6.76. The molecule has 4 aromatic rings. The Morgan fingerprint density at radius 1 is 1.14 bits per heavy atom. The number of hydrogen-bond donors (Lipinski definition) is 1. The molecule has 1 aliphatic carbocycles. The fraction of sp³-hybridized carbons (Fsp3) is 0.308. The summed E-state index contributed by atoms with van der Waals surface area (Å²) in [6, 6.07) is 9.39. The van der Waals surface area contributed by atoms with E-state index in [0.29, 0.717) is 47.3 Å². The normalized spacial score (nSPS) is 18.1. The quantitative estimate of drug-likeness (QED) is 0.361. The van der Waals surface area contributed by atoms with E-state index in [4.69, 9.17) is 11.6 Å². The van der Waals surface area contributed by atoms with Gasteiger partial charge in [0.2, 0.25) is 0 Å². The van der Waals surface area contributed by atoms with Crippen molar-refractivity contribution in [1.82, 2.24) is 25.1 Å². The van der Waals surface area contributed by atoms with Crippen LogP contribution in [0.25, 0.3) is 16.6 Å². The highest BCUT2D eigenvalue weighted by Crippen LogP contribution is 2.37. The zero-order chi connectivity index (χ0) is 26.2. The lowest BCUT2D eigenvalue weighted by Gasteiger charge is -2.37. The summed E-state index contributed by atoms with van der Waals surface area (Å²) in [5.41, 5.74) is 0.951. The molecule has 1 aliphatic rings. The van der Waals surface area contributed by atoms with Gasteiger partial charge in [-0.1, -0.05) is 11.6 Å². The number of pyridine rings is 2. The molecule has 3 aromatic heterocycles. The minimum Gasteiger partial charge on any atom is -0.371 e. The first kappa shape index (κ1) is 25.0. The van der Waals surface area contributed by atoms with Crippen LogP contribution in [0.3, 0.4) is 0 Å². The molecule has 0 unspecified atom stereocenters. The molecule has 0 radical (unpaired) electrons. The molecule has 0 atom stereocenters. The molecule has 1 fully saturated rings. The summed E-state index contributed by atoms with van der Waals surface area (Å²) >= 11 is 6.15. The van der Waals surface area contributed by atoms with E-state index in [1.165, 1.54) is 18.3 Å². The molecule has 1 amide bonds. The molecule has 7 nitrogen and oxygen atoms in total. The number of halogens is 4. The molecular weight excluding hydrogens is 505 g/mol. The smallest absolute Gasteiger partial charge is 0.371 e. The SMILES string of the molecule is CN(c1cc(C(F)(F)F)nc2ccc(Cl)cc12)C1CCC(NC(=O)c2cnn(-c3cccnc3)c2)CC1. The van der Waals surface area contributed by atoms with E-state index < -0.39 is 11.9 Å². The van der Waals surface area contributed by atoms with Crippen molar-refractivity contribution in [1.29, 1.82) is 0 Å². The third kappa shape index (κ3) is 5.39. The number of anilines is 1. The standard InChI is InChI=1S/C26H24ClF3N6O/c1-35(23-12-24(26(28,29)30)34-22-9-4-17(27)11-21(22)23)19-7-5-18(6-8-19)33-25(37)16-13-32-36(15-16)20-3-2-10-31-14-20/h2-4,9-15,18-19H,5-8H2,1H3,(H,33,37). The first-order chi connectivity index (χ1) is 17.7. The fourth-order valence-corrected chi connectivity index (χ4v) is 4.93. The summed E-state index contributed by atoms with van der Waals surface area (Å²) in [5, 5.41) is 8.31. The molecule has 11 heteroatoms. The summed E-state index contributed by atoms with van der Waals surface area (Å²) in [7, 11) is 1.80. The van der Waals surface area contributed by atoms with E-state index in [1.807, 2.05) is 11.0 Å². The number of amides is 1. The third-order valence-corrected chi connectivity index (χ3v) is 6.99. The van der Waals surface area contributed by atoms with Crippen LogP contribution in [0.1, 0.15) is 41.7 Å². The first-order valence-electron chi connectivity index (χ1n) is 11.9. The predicted molar refractivity (Wildman–Crippen MR) is 135 cm³/mol. The Labute approximate surface area is 216 Å². The van der Waals surface area contributed by atoms with Crippen LogP contribution >= 0.6 is 11.6 Å². The summed E-state index contributed by atoms with van der Waals surface area (Å²) in [6.07, 6.45) is 4.75. The highest BCUT2D eigenvalue weighted by atomic mass is 35.5. The molecule has 0 bridgehead atoms. The Balaban J connectivity index is 1.26. The highest BCUT2D eigenvalue weighted by molar-refractivity contribution is 6.31. The summed E-state index contributed by atoms with van der Waals surface area (Å²) in [4.78, 5) is 22.5. The van der Waals surface area contributed by atoms with Gasteiger partial charge < -0.3 is 10.2 Å². The number of benzene rings is 1. The number of aromatic nitrogens is 4. The fourth-order valence-electron chi connectivity index (χ4n) is 4.76. The van der Waals surface area contributed by atoms with Gasteiger partial charge in [0.15, 0.2) is 0 Å². The molecule has 1 saturated carbocycles. The van der Waals surface area contributed by atoms with Crippen molar-refractivity contribution in [2.24, 2.45) is 0 Å². The van der Waals surface area contributed by atoms with E-state index in [-0.39, 0.29) is 23.5 Å². The van der Waals surface area contributed by atoms with Crippen molar-refractivity contribution in [2.75, 3.05) is 11.9 Å². The Morgan fingerprint density at radius 3 is 2.62 bits per heavy atom. The van der Waals surface area contributed by atoms with E-state index in [9.17, 15) is 18.0 Å². The van der Waals surface area contributed by atoms with Gasteiger partial charge in [-0.25, -0.2) is 9.67 Å². The van der Waals surface area contributed by atoms with Gasteiger partial charge in [-0.3, -0.25) is 9.78 Å². The van der Waals surface area contributed by atoms with Crippen molar-refractivity contribution in [3.8, 4) is 5.69 Å². The van der Waals surface area contributed by atoms with Crippen molar-refractivity contribution in [2.45, 2.75) is 43.9 Å². The summed E-state index contributed by atoms with van der Waals surface area (Å²) in [5.74, 6) is -0.212.